The van der Waals surface area contributed by atoms with Gasteiger partial charge in [0.15, 0.2) is 0 Å². The SMILES string of the molecule is COCCN1CCN(Cc2ccc(-c3ccc(Br)cc3)nn2)CC1. The summed E-state index contributed by atoms with van der Waals surface area (Å²) in [6.07, 6.45) is 0. The second-order valence-corrected chi connectivity index (χ2v) is 6.94. The summed E-state index contributed by atoms with van der Waals surface area (Å²) >= 11 is 3.45. The van der Waals surface area contributed by atoms with E-state index in [4.69, 9.17) is 4.74 Å². The number of hydrogen-bond donors (Lipinski definition) is 0. The molecule has 0 saturated carbocycles. The minimum absolute atomic E-state index is 0.809. The molecule has 2 heterocycles. The lowest BCUT2D eigenvalue weighted by Crippen LogP contribution is -2.46. The molecule has 5 nitrogen and oxygen atoms in total. The van der Waals surface area contributed by atoms with E-state index in [0.29, 0.717) is 0 Å². The molecule has 1 saturated heterocycles. The molecule has 2 aromatic rings. The number of ether oxygens (including phenoxy) is 1. The van der Waals surface area contributed by atoms with Crippen LogP contribution in [0.25, 0.3) is 11.3 Å². The summed E-state index contributed by atoms with van der Waals surface area (Å²) in [4.78, 5) is 4.88. The minimum Gasteiger partial charge on any atom is -0.383 e. The predicted octanol–water partition coefficient (Wildman–Crippen LogP) is 2.67. The molecular weight excluding hydrogens is 368 g/mol. The van der Waals surface area contributed by atoms with E-state index in [1.165, 1.54) is 0 Å². The van der Waals surface area contributed by atoms with Gasteiger partial charge in [0, 0.05) is 56.4 Å². The third-order valence-electron chi connectivity index (χ3n) is 4.32. The Morgan fingerprint density at radius 3 is 2.29 bits per heavy atom. The summed E-state index contributed by atoms with van der Waals surface area (Å²) in [5.74, 6) is 0. The third kappa shape index (κ3) is 4.83. The molecule has 128 valence electrons. The summed E-state index contributed by atoms with van der Waals surface area (Å²) in [7, 11) is 1.76. The maximum atomic E-state index is 5.15. The van der Waals surface area contributed by atoms with E-state index >= 15 is 0 Å². The molecule has 1 aromatic carbocycles. The average Bonchev–Trinajstić information content (AvgIpc) is 2.63. The molecule has 0 unspecified atom stereocenters. The average molecular weight is 391 g/mol. The Kier molecular flexibility index (Phi) is 6.31. The Hall–Kier alpha value is -1.34. The fourth-order valence-corrected chi connectivity index (χ4v) is 3.10. The van der Waals surface area contributed by atoms with E-state index in [1.54, 1.807) is 7.11 Å². The van der Waals surface area contributed by atoms with Crippen molar-refractivity contribution < 1.29 is 4.74 Å². The van der Waals surface area contributed by atoms with E-state index in [0.717, 1.165) is 67.3 Å². The van der Waals surface area contributed by atoms with Gasteiger partial charge in [-0.1, -0.05) is 28.1 Å². The summed E-state index contributed by atoms with van der Waals surface area (Å²) in [6.45, 7) is 7.02. The van der Waals surface area contributed by atoms with E-state index in [9.17, 15) is 0 Å². The van der Waals surface area contributed by atoms with Gasteiger partial charge >= 0.3 is 0 Å². The lowest BCUT2D eigenvalue weighted by molar-refractivity contribution is 0.0931. The van der Waals surface area contributed by atoms with Crippen LogP contribution in [0.2, 0.25) is 0 Å². The number of piperazine rings is 1. The topological polar surface area (TPSA) is 41.5 Å². The van der Waals surface area contributed by atoms with Crippen molar-refractivity contribution in [1.82, 2.24) is 20.0 Å². The van der Waals surface area contributed by atoms with Crippen molar-refractivity contribution in [3.63, 3.8) is 0 Å². The van der Waals surface area contributed by atoms with Gasteiger partial charge in [-0.2, -0.15) is 10.2 Å². The standard InChI is InChI=1S/C18H23BrN4O/c1-24-13-12-22-8-10-23(11-9-22)14-17-6-7-18(21-20-17)15-2-4-16(19)5-3-15/h2-7H,8-14H2,1H3. The molecule has 0 aliphatic carbocycles. The number of aromatic nitrogens is 2. The summed E-state index contributed by atoms with van der Waals surface area (Å²) < 4.78 is 6.21. The van der Waals surface area contributed by atoms with Crippen LogP contribution in [0.15, 0.2) is 40.9 Å². The van der Waals surface area contributed by atoms with Crippen molar-refractivity contribution >= 4 is 15.9 Å². The van der Waals surface area contributed by atoms with Crippen LogP contribution >= 0.6 is 15.9 Å². The zero-order valence-electron chi connectivity index (χ0n) is 14.0. The van der Waals surface area contributed by atoms with Crippen molar-refractivity contribution in [2.24, 2.45) is 0 Å². The molecule has 6 heteroatoms. The lowest BCUT2D eigenvalue weighted by atomic mass is 10.1. The molecule has 24 heavy (non-hydrogen) atoms. The monoisotopic (exact) mass is 390 g/mol. The maximum absolute atomic E-state index is 5.15. The fourth-order valence-electron chi connectivity index (χ4n) is 2.84. The molecule has 1 aliphatic heterocycles. The Morgan fingerprint density at radius 1 is 0.958 bits per heavy atom. The summed E-state index contributed by atoms with van der Waals surface area (Å²) in [6, 6.07) is 12.3. The number of halogens is 1. The maximum Gasteiger partial charge on any atom is 0.0929 e. The highest BCUT2D eigenvalue weighted by molar-refractivity contribution is 9.10. The number of nitrogens with zero attached hydrogens (tertiary/aromatic N) is 4. The predicted molar refractivity (Wildman–Crippen MR) is 98.8 cm³/mol. The molecule has 3 rings (SSSR count). The van der Waals surface area contributed by atoms with Crippen LogP contribution in [0.3, 0.4) is 0 Å². The molecule has 0 N–H and O–H groups in total. The third-order valence-corrected chi connectivity index (χ3v) is 4.85. The molecular formula is C18H23BrN4O. The Balaban J connectivity index is 1.52. The highest BCUT2D eigenvalue weighted by Gasteiger charge is 2.17. The Morgan fingerprint density at radius 2 is 1.67 bits per heavy atom. The Bertz CT molecular complexity index is 624. The number of methoxy groups -OCH3 is 1. The van der Waals surface area contributed by atoms with Gasteiger partial charge in [0.25, 0.3) is 0 Å². The van der Waals surface area contributed by atoms with Crippen LogP contribution in [0, 0.1) is 0 Å². The van der Waals surface area contributed by atoms with Crippen LogP contribution < -0.4 is 0 Å². The second kappa shape index (κ2) is 8.67. The van der Waals surface area contributed by atoms with Crippen LogP contribution in [0.4, 0.5) is 0 Å². The van der Waals surface area contributed by atoms with Crippen molar-refractivity contribution in [3.05, 3.63) is 46.6 Å². The zero-order chi connectivity index (χ0) is 16.8. The van der Waals surface area contributed by atoms with Crippen LogP contribution in [0.5, 0.6) is 0 Å². The van der Waals surface area contributed by atoms with Gasteiger partial charge in [-0.25, -0.2) is 0 Å². The molecule has 0 atom stereocenters. The summed E-state index contributed by atoms with van der Waals surface area (Å²) in [5, 5.41) is 8.78. The highest BCUT2D eigenvalue weighted by atomic mass is 79.9. The van der Waals surface area contributed by atoms with Gasteiger partial charge < -0.3 is 4.74 Å². The second-order valence-electron chi connectivity index (χ2n) is 6.03. The first-order valence-corrected chi connectivity index (χ1v) is 9.06. The first kappa shape index (κ1) is 17.5. The normalized spacial score (nSPS) is 16.4. The van der Waals surface area contributed by atoms with Crippen molar-refractivity contribution in [2.45, 2.75) is 6.54 Å². The highest BCUT2D eigenvalue weighted by Crippen LogP contribution is 2.19. The van der Waals surface area contributed by atoms with E-state index in [-0.39, 0.29) is 0 Å². The molecule has 1 aromatic heterocycles. The van der Waals surface area contributed by atoms with Gasteiger partial charge in [0.2, 0.25) is 0 Å². The minimum atomic E-state index is 0.809. The first-order valence-electron chi connectivity index (χ1n) is 8.27. The van der Waals surface area contributed by atoms with E-state index in [2.05, 4.69) is 48.1 Å². The molecule has 0 spiro atoms. The van der Waals surface area contributed by atoms with E-state index in [1.807, 2.05) is 24.3 Å². The molecule has 1 fully saturated rings. The molecule has 0 radical (unpaired) electrons. The molecule has 0 amide bonds. The number of hydrogen-bond acceptors (Lipinski definition) is 5. The van der Waals surface area contributed by atoms with Crippen LogP contribution in [-0.4, -0.2) is 66.4 Å². The largest absolute Gasteiger partial charge is 0.383 e. The number of benzene rings is 1. The van der Waals surface area contributed by atoms with E-state index < -0.39 is 0 Å². The van der Waals surface area contributed by atoms with Crippen LogP contribution in [0.1, 0.15) is 5.69 Å². The van der Waals surface area contributed by atoms with Crippen molar-refractivity contribution in [2.75, 3.05) is 46.4 Å². The van der Waals surface area contributed by atoms with Gasteiger partial charge in [-0.15, -0.1) is 0 Å². The Labute approximate surface area is 151 Å². The molecule has 1 aliphatic rings. The smallest absolute Gasteiger partial charge is 0.0929 e. The quantitative estimate of drug-likeness (QED) is 0.758. The lowest BCUT2D eigenvalue weighted by Gasteiger charge is -2.34. The van der Waals surface area contributed by atoms with Gasteiger partial charge in [-0.05, 0) is 24.3 Å². The van der Waals surface area contributed by atoms with Crippen molar-refractivity contribution in [1.29, 1.82) is 0 Å². The summed E-state index contributed by atoms with van der Waals surface area (Å²) in [5.41, 5.74) is 3.03. The first-order chi connectivity index (χ1) is 11.7. The molecule has 0 bridgehead atoms. The van der Waals surface area contributed by atoms with Crippen LogP contribution in [-0.2, 0) is 11.3 Å². The van der Waals surface area contributed by atoms with Crippen molar-refractivity contribution in [3.8, 4) is 11.3 Å². The van der Waals surface area contributed by atoms with Gasteiger partial charge in [0.05, 0.1) is 18.0 Å². The van der Waals surface area contributed by atoms with Gasteiger partial charge in [-0.3, -0.25) is 9.80 Å². The fraction of sp³-hybridized carbons (Fsp3) is 0.444. The van der Waals surface area contributed by atoms with Gasteiger partial charge in [0.1, 0.15) is 0 Å². The zero-order valence-corrected chi connectivity index (χ0v) is 15.6. The number of rotatable bonds is 6.